The average molecular weight is 393 g/mol. The van der Waals surface area contributed by atoms with Crippen molar-refractivity contribution in [3.8, 4) is 0 Å². The fourth-order valence-electron chi connectivity index (χ4n) is 3.76. The summed E-state index contributed by atoms with van der Waals surface area (Å²) in [4.78, 5) is 20.7. The maximum absolute atomic E-state index is 13.4. The highest BCUT2D eigenvalue weighted by atomic mass is 19.1. The first-order valence-electron chi connectivity index (χ1n) is 9.56. The number of aromatic nitrogens is 1. The third kappa shape index (κ3) is 4.32. The first kappa shape index (κ1) is 19.2. The SMILES string of the molecule is O=C(c1ccncc1)N1CCN(C(c2ccc(F)cc2)c2ccc(F)cc2)CC1. The topological polar surface area (TPSA) is 36.4 Å². The van der Waals surface area contributed by atoms with Crippen molar-refractivity contribution in [1.29, 1.82) is 0 Å². The van der Waals surface area contributed by atoms with Gasteiger partial charge in [-0.2, -0.15) is 0 Å². The summed E-state index contributed by atoms with van der Waals surface area (Å²) < 4.78 is 26.9. The number of benzene rings is 2. The molecular weight excluding hydrogens is 372 g/mol. The van der Waals surface area contributed by atoms with Crippen molar-refractivity contribution in [2.45, 2.75) is 6.04 Å². The first-order chi connectivity index (χ1) is 14.1. The number of pyridine rings is 1. The highest BCUT2D eigenvalue weighted by Crippen LogP contribution is 2.30. The largest absolute Gasteiger partial charge is 0.336 e. The summed E-state index contributed by atoms with van der Waals surface area (Å²) in [6.07, 6.45) is 3.23. The molecule has 0 spiro atoms. The Morgan fingerprint density at radius 3 is 1.72 bits per heavy atom. The summed E-state index contributed by atoms with van der Waals surface area (Å²) in [5.41, 5.74) is 2.50. The molecule has 0 unspecified atom stereocenters. The molecule has 1 fully saturated rings. The standard InChI is InChI=1S/C23H21F2N3O/c24-20-5-1-17(2-6-20)22(18-3-7-21(25)8-4-18)27-13-15-28(16-14-27)23(29)19-9-11-26-12-10-19/h1-12,22H,13-16H2. The molecule has 0 N–H and O–H groups in total. The highest BCUT2D eigenvalue weighted by Gasteiger charge is 2.28. The van der Waals surface area contributed by atoms with Crippen LogP contribution in [0.1, 0.15) is 27.5 Å². The maximum Gasteiger partial charge on any atom is 0.254 e. The predicted octanol–water partition coefficient (Wildman–Crippen LogP) is 3.91. The van der Waals surface area contributed by atoms with Crippen LogP contribution in [0.4, 0.5) is 8.78 Å². The molecule has 1 aliphatic rings. The molecule has 1 amide bonds. The van der Waals surface area contributed by atoms with Crippen LogP contribution in [-0.2, 0) is 0 Å². The van der Waals surface area contributed by atoms with Gasteiger partial charge in [-0.25, -0.2) is 8.78 Å². The Labute approximate surface area is 168 Å². The number of halogens is 2. The van der Waals surface area contributed by atoms with Crippen molar-refractivity contribution in [3.63, 3.8) is 0 Å². The Bertz CT molecular complexity index is 908. The second-order valence-corrected chi connectivity index (χ2v) is 7.07. The number of carbonyl (C=O) groups excluding carboxylic acids is 1. The van der Waals surface area contributed by atoms with Crippen LogP contribution in [0.5, 0.6) is 0 Å². The van der Waals surface area contributed by atoms with Gasteiger partial charge in [-0.15, -0.1) is 0 Å². The van der Waals surface area contributed by atoms with E-state index in [1.165, 1.54) is 24.3 Å². The number of nitrogens with zero attached hydrogens (tertiary/aromatic N) is 3. The zero-order valence-electron chi connectivity index (χ0n) is 15.8. The summed E-state index contributed by atoms with van der Waals surface area (Å²) >= 11 is 0. The van der Waals surface area contributed by atoms with Gasteiger partial charge in [0.25, 0.3) is 5.91 Å². The van der Waals surface area contributed by atoms with Gasteiger partial charge in [0.05, 0.1) is 6.04 Å². The van der Waals surface area contributed by atoms with Crippen LogP contribution in [0.15, 0.2) is 73.1 Å². The van der Waals surface area contributed by atoms with E-state index >= 15 is 0 Å². The van der Waals surface area contributed by atoms with Crippen LogP contribution in [0, 0.1) is 11.6 Å². The van der Waals surface area contributed by atoms with Gasteiger partial charge in [0, 0.05) is 44.1 Å². The molecule has 1 aliphatic heterocycles. The molecule has 6 heteroatoms. The van der Waals surface area contributed by atoms with Gasteiger partial charge in [-0.1, -0.05) is 24.3 Å². The monoisotopic (exact) mass is 393 g/mol. The molecule has 1 aromatic heterocycles. The lowest BCUT2D eigenvalue weighted by Crippen LogP contribution is -2.49. The van der Waals surface area contributed by atoms with E-state index in [9.17, 15) is 13.6 Å². The van der Waals surface area contributed by atoms with Crippen LogP contribution in [0.25, 0.3) is 0 Å². The number of amides is 1. The number of piperazine rings is 1. The Balaban J connectivity index is 1.54. The van der Waals surface area contributed by atoms with Crippen LogP contribution >= 0.6 is 0 Å². The number of hydrogen-bond acceptors (Lipinski definition) is 3. The van der Waals surface area contributed by atoms with E-state index in [1.54, 1.807) is 48.8 Å². The minimum atomic E-state index is -0.292. The number of rotatable bonds is 4. The van der Waals surface area contributed by atoms with E-state index in [0.717, 1.165) is 11.1 Å². The number of hydrogen-bond donors (Lipinski definition) is 0. The molecule has 148 valence electrons. The fourth-order valence-corrected chi connectivity index (χ4v) is 3.76. The van der Waals surface area contributed by atoms with Gasteiger partial charge >= 0.3 is 0 Å². The second kappa shape index (κ2) is 8.49. The summed E-state index contributed by atoms with van der Waals surface area (Å²) in [7, 11) is 0. The van der Waals surface area contributed by atoms with Crippen LogP contribution in [0.2, 0.25) is 0 Å². The quantitative estimate of drug-likeness (QED) is 0.674. The molecule has 0 saturated carbocycles. The molecule has 4 nitrogen and oxygen atoms in total. The predicted molar refractivity (Wildman–Crippen MR) is 106 cm³/mol. The van der Waals surface area contributed by atoms with Gasteiger partial charge in [0.1, 0.15) is 11.6 Å². The molecule has 4 rings (SSSR count). The Kier molecular flexibility index (Phi) is 5.62. The Hall–Kier alpha value is -3.12. The van der Waals surface area contributed by atoms with E-state index in [-0.39, 0.29) is 23.6 Å². The minimum Gasteiger partial charge on any atom is -0.336 e. The molecule has 0 bridgehead atoms. The molecule has 2 aromatic carbocycles. The first-order valence-corrected chi connectivity index (χ1v) is 9.56. The van der Waals surface area contributed by atoms with Crippen molar-refractivity contribution in [2.75, 3.05) is 26.2 Å². The van der Waals surface area contributed by atoms with E-state index < -0.39 is 0 Å². The molecule has 29 heavy (non-hydrogen) atoms. The fraction of sp³-hybridized carbons (Fsp3) is 0.217. The van der Waals surface area contributed by atoms with Crippen LogP contribution in [-0.4, -0.2) is 46.9 Å². The molecule has 1 saturated heterocycles. The summed E-state index contributed by atoms with van der Waals surface area (Å²) in [5, 5.41) is 0. The number of carbonyl (C=O) groups is 1. The van der Waals surface area contributed by atoms with Gasteiger partial charge in [-0.05, 0) is 47.5 Å². The van der Waals surface area contributed by atoms with E-state index in [1.807, 2.05) is 4.90 Å². The third-order valence-electron chi connectivity index (χ3n) is 5.27. The van der Waals surface area contributed by atoms with Gasteiger partial charge in [0.15, 0.2) is 0 Å². The minimum absolute atomic E-state index is 0.00726. The van der Waals surface area contributed by atoms with Crippen LogP contribution in [0.3, 0.4) is 0 Å². The van der Waals surface area contributed by atoms with Crippen LogP contribution < -0.4 is 0 Å². The van der Waals surface area contributed by atoms with Gasteiger partial charge < -0.3 is 4.90 Å². The van der Waals surface area contributed by atoms with E-state index in [2.05, 4.69) is 9.88 Å². The van der Waals surface area contributed by atoms with Crippen molar-refractivity contribution in [1.82, 2.24) is 14.8 Å². The zero-order chi connectivity index (χ0) is 20.2. The highest BCUT2D eigenvalue weighted by molar-refractivity contribution is 5.94. The average Bonchev–Trinajstić information content (AvgIpc) is 2.77. The summed E-state index contributed by atoms with van der Waals surface area (Å²) in [6, 6.07) is 16.1. The van der Waals surface area contributed by atoms with Crippen molar-refractivity contribution >= 4 is 5.91 Å². The lowest BCUT2D eigenvalue weighted by atomic mass is 9.96. The molecule has 3 aromatic rings. The van der Waals surface area contributed by atoms with Crippen molar-refractivity contribution < 1.29 is 13.6 Å². The maximum atomic E-state index is 13.4. The summed E-state index contributed by atoms with van der Waals surface area (Å²) in [6.45, 7) is 2.49. The Morgan fingerprint density at radius 2 is 1.24 bits per heavy atom. The lowest BCUT2D eigenvalue weighted by molar-refractivity contribution is 0.0597. The normalized spacial score (nSPS) is 14.9. The smallest absolute Gasteiger partial charge is 0.254 e. The molecule has 2 heterocycles. The Morgan fingerprint density at radius 1 is 0.759 bits per heavy atom. The third-order valence-corrected chi connectivity index (χ3v) is 5.27. The second-order valence-electron chi connectivity index (χ2n) is 7.07. The van der Waals surface area contributed by atoms with E-state index in [4.69, 9.17) is 0 Å². The van der Waals surface area contributed by atoms with Crippen molar-refractivity contribution in [3.05, 3.63) is 101 Å². The molecule has 0 radical (unpaired) electrons. The van der Waals surface area contributed by atoms with Crippen molar-refractivity contribution in [2.24, 2.45) is 0 Å². The van der Waals surface area contributed by atoms with E-state index in [0.29, 0.717) is 31.7 Å². The molecular formula is C23H21F2N3O. The van der Waals surface area contributed by atoms with Gasteiger partial charge in [-0.3, -0.25) is 14.7 Å². The molecule has 0 aliphatic carbocycles. The zero-order valence-corrected chi connectivity index (χ0v) is 15.8. The van der Waals surface area contributed by atoms with Gasteiger partial charge in [0.2, 0.25) is 0 Å². The lowest BCUT2D eigenvalue weighted by Gasteiger charge is -2.39. The summed E-state index contributed by atoms with van der Waals surface area (Å²) in [5.74, 6) is -0.592. The molecule has 0 atom stereocenters.